The van der Waals surface area contributed by atoms with Gasteiger partial charge in [-0.05, 0) is 80.7 Å². The lowest BCUT2D eigenvalue weighted by molar-refractivity contribution is 0.136. The molecule has 0 spiro atoms. The third kappa shape index (κ3) is 5.04. The van der Waals surface area contributed by atoms with E-state index < -0.39 is 0 Å². The first-order valence-corrected chi connectivity index (χ1v) is 11.8. The van der Waals surface area contributed by atoms with Gasteiger partial charge in [-0.15, -0.1) is 0 Å². The van der Waals surface area contributed by atoms with Crippen molar-refractivity contribution in [3.8, 4) is 11.5 Å². The number of hydrogen-bond acceptors (Lipinski definition) is 4. The molecule has 3 aliphatic rings. The predicted octanol–water partition coefficient (Wildman–Crippen LogP) is 5.21. The summed E-state index contributed by atoms with van der Waals surface area (Å²) in [5.74, 6) is 2.25. The van der Waals surface area contributed by atoms with Crippen LogP contribution >= 0.6 is 0 Å². The fourth-order valence-electron chi connectivity index (χ4n) is 5.05. The number of hydrogen-bond donors (Lipinski definition) is 1. The second-order valence-electron chi connectivity index (χ2n) is 9.17. The summed E-state index contributed by atoms with van der Waals surface area (Å²) in [5, 5.41) is 3.73. The molecule has 31 heavy (non-hydrogen) atoms. The van der Waals surface area contributed by atoms with Crippen molar-refractivity contribution in [2.45, 2.75) is 63.2 Å². The van der Waals surface area contributed by atoms with Crippen LogP contribution in [0, 0.1) is 11.7 Å². The molecule has 1 N–H and O–H groups in total. The molecule has 2 aliphatic heterocycles. The van der Waals surface area contributed by atoms with Crippen LogP contribution in [0.15, 0.2) is 42.5 Å². The number of rotatable bonds is 6. The Labute approximate surface area is 184 Å². The summed E-state index contributed by atoms with van der Waals surface area (Å²) in [4.78, 5) is 0. The Morgan fingerprint density at radius 1 is 1.00 bits per heavy atom. The first-order chi connectivity index (χ1) is 15.2. The average Bonchev–Trinajstić information content (AvgIpc) is 3.32. The lowest BCUT2D eigenvalue weighted by Gasteiger charge is -2.31. The van der Waals surface area contributed by atoms with Gasteiger partial charge in [0.05, 0.1) is 12.7 Å². The van der Waals surface area contributed by atoms with Gasteiger partial charge < -0.3 is 19.5 Å². The van der Waals surface area contributed by atoms with Gasteiger partial charge in [-0.1, -0.05) is 18.2 Å². The molecule has 5 rings (SSSR count). The molecule has 0 amide bonds. The Kier molecular flexibility index (Phi) is 6.42. The van der Waals surface area contributed by atoms with Gasteiger partial charge in [-0.25, -0.2) is 4.39 Å². The Balaban J connectivity index is 1.12. The summed E-state index contributed by atoms with van der Waals surface area (Å²) in [6.45, 7) is 2.91. The van der Waals surface area contributed by atoms with E-state index in [0.29, 0.717) is 17.5 Å². The lowest BCUT2D eigenvalue weighted by Crippen LogP contribution is -2.38. The minimum Gasteiger partial charge on any atom is -0.490 e. The Morgan fingerprint density at radius 2 is 1.87 bits per heavy atom. The molecule has 2 heterocycles. The van der Waals surface area contributed by atoms with Gasteiger partial charge in [0.15, 0.2) is 0 Å². The molecule has 4 nitrogen and oxygen atoms in total. The second kappa shape index (κ2) is 9.58. The fourth-order valence-corrected chi connectivity index (χ4v) is 5.05. The molecule has 2 aromatic rings. The van der Waals surface area contributed by atoms with Crippen LogP contribution in [0.1, 0.15) is 55.8 Å². The highest BCUT2D eigenvalue weighted by Gasteiger charge is 2.26. The smallest absolute Gasteiger partial charge is 0.130 e. The van der Waals surface area contributed by atoms with E-state index in [1.54, 1.807) is 6.07 Å². The van der Waals surface area contributed by atoms with Crippen LogP contribution < -0.4 is 14.8 Å². The van der Waals surface area contributed by atoms with Gasteiger partial charge in [0.2, 0.25) is 0 Å². The Morgan fingerprint density at radius 3 is 2.68 bits per heavy atom. The first-order valence-electron chi connectivity index (χ1n) is 11.8. The minimum atomic E-state index is -0.223. The van der Waals surface area contributed by atoms with Gasteiger partial charge in [-0.2, -0.15) is 0 Å². The highest BCUT2D eigenvalue weighted by molar-refractivity contribution is 5.42. The maximum Gasteiger partial charge on any atom is 0.130 e. The zero-order valence-corrected chi connectivity index (χ0v) is 18.0. The number of aryl methyl sites for hydroxylation is 1. The molecule has 2 atom stereocenters. The summed E-state index contributed by atoms with van der Waals surface area (Å²) in [6.07, 6.45) is 7.39. The van der Waals surface area contributed by atoms with Crippen molar-refractivity contribution in [1.29, 1.82) is 0 Å². The zero-order valence-electron chi connectivity index (χ0n) is 18.0. The van der Waals surface area contributed by atoms with Crippen molar-refractivity contribution in [2.75, 3.05) is 19.8 Å². The van der Waals surface area contributed by atoms with Crippen molar-refractivity contribution in [3.63, 3.8) is 0 Å². The van der Waals surface area contributed by atoms with E-state index in [1.807, 2.05) is 24.3 Å². The molecule has 2 fully saturated rings. The zero-order chi connectivity index (χ0) is 21.0. The quantitative estimate of drug-likeness (QED) is 0.690. The van der Waals surface area contributed by atoms with Crippen LogP contribution in [0.4, 0.5) is 4.39 Å². The molecule has 166 valence electrons. The van der Waals surface area contributed by atoms with Crippen molar-refractivity contribution < 1.29 is 18.6 Å². The molecular formula is C26H32FNO3. The summed E-state index contributed by atoms with van der Waals surface area (Å²) < 4.78 is 32.0. The highest BCUT2D eigenvalue weighted by Crippen LogP contribution is 2.38. The predicted molar refractivity (Wildman–Crippen MR) is 118 cm³/mol. The van der Waals surface area contributed by atoms with Gasteiger partial charge in [0.25, 0.3) is 0 Å². The standard InChI is InChI=1S/C26H32FNO3/c27-24-4-2-1-3-23(24)26-11-5-19-15-22(10-12-25(19)31-26)30-21-8-6-20(7-9-21)28-16-18-13-14-29-17-18/h1-4,10,12,15,18,20-21,26,28H,5-9,11,13-14,16-17H2/t18?,20-,21-,26?. The normalized spacial score (nSPS) is 28.0. The summed E-state index contributed by atoms with van der Waals surface area (Å²) in [5.41, 5.74) is 1.79. The SMILES string of the molecule is Fc1ccccc1C1CCc2cc(O[C@H]3CC[C@H](NCC4CCOC4)CC3)ccc2O1. The summed E-state index contributed by atoms with van der Waals surface area (Å²) >= 11 is 0. The third-order valence-corrected chi connectivity index (χ3v) is 6.93. The molecule has 2 unspecified atom stereocenters. The summed E-state index contributed by atoms with van der Waals surface area (Å²) in [6, 6.07) is 13.6. The van der Waals surface area contributed by atoms with E-state index in [-0.39, 0.29) is 18.0 Å². The Hall–Kier alpha value is -2.11. The minimum absolute atomic E-state index is 0.197. The first kappa shape index (κ1) is 20.8. The number of nitrogens with one attached hydrogen (secondary N) is 1. The maximum absolute atomic E-state index is 14.1. The van der Waals surface area contributed by atoms with Crippen LogP contribution in [-0.2, 0) is 11.2 Å². The topological polar surface area (TPSA) is 39.7 Å². The van der Waals surface area contributed by atoms with Crippen LogP contribution in [0.5, 0.6) is 11.5 Å². The average molecular weight is 426 g/mol. The van der Waals surface area contributed by atoms with E-state index >= 15 is 0 Å². The second-order valence-corrected chi connectivity index (χ2v) is 9.17. The van der Waals surface area contributed by atoms with E-state index in [2.05, 4.69) is 11.4 Å². The van der Waals surface area contributed by atoms with Crippen molar-refractivity contribution in [3.05, 3.63) is 59.4 Å². The maximum atomic E-state index is 14.1. The van der Waals surface area contributed by atoms with Crippen molar-refractivity contribution >= 4 is 0 Å². The van der Waals surface area contributed by atoms with Gasteiger partial charge >= 0.3 is 0 Å². The van der Waals surface area contributed by atoms with Crippen molar-refractivity contribution in [1.82, 2.24) is 5.32 Å². The molecular weight excluding hydrogens is 393 g/mol. The number of benzene rings is 2. The molecule has 5 heteroatoms. The molecule has 0 aromatic heterocycles. The van der Waals surface area contributed by atoms with Crippen LogP contribution in [0.3, 0.4) is 0 Å². The number of ether oxygens (including phenoxy) is 3. The number of halogens is 1. The highest BCUT2D eigenvalue weighted by atomic mass is 19.1. The van der Waals surface area contributed by atoms with E-state index in [0.717, 1.165) is 75.3 Å². The molecule has 1 saturated carbocycles. The van der Waals surface area contributed by atoms with Crippen LogP contribution in [-0.4, -0.2) is 31.9 Å². The van der Waals surface area contributed by atoms with E-state index in [1.165, 1.54) is 12.5 Å². The fraction of sp³-hybridized carbons (Fsp3) is 0.538. The van der Waals surface area contributed by atoms with E-state index in [4.69, 9.17) is 14.2 Å². The lowest BCUT2D eigenvalue weighted by atomic mass is 9.92. The molecule has 0 radical (unpaired) electrons. The van der Waals surface area contributed by atoms with Gasteiger partial charge in [0, 0.05) is 24.8 Å². The molecule has 1 aliphatic carbocycles. The van der Waals surface area contributed by atoms with Crippen LogP contribution in [0.2, 0.25) is 0 Å². The van der Waals surface area contributed by atoms with Crippen LogP contribution in [0.25, 0.3) is 0 Å². The summed E-state index contributed by atoms with van der Waals surface area (Å²) in [7, 11) is 0. The number of fused-ring (bicyclic) bond motifs is 1. The van der Waals surface area contributed by atoms with Crippen molar-refractivity contribution in [2.24, 2.45) is 5.92 Å². The Bertz CT molecular complexity index is 875. The monoisotopic (exact) mass is 425 g/mol. The third-order valence-electron chi connectivity index (χ3n) is 6.93. The van der Waals surface area contributed by atoms with Gasteiger partial charge in [0.1, 0.15) is 23.4 Å². The largest absolute Gasteiger partial charge is 0.490 e. The van der Waals surface area contributed by atoms with Gasteiger partial charge in [-0.3, -0.25) is 0 Å². The molecule has 0 bridgehead atoms. The van der Waals surface area contributed by atoms with E-state index in [9.17, 15) is 4.39 Å². The molecule has 1 saturated heterocycles. The molecule has 2 aromatic carbocycles.